The molecule has 0 bridgehead atoms. The second-order valence-corrected chi connectivity index (χ2v) is 41.4. The van der Waals surface area contributed by atoms with E-state index in [0.717, 1.165) is 13.4 Å². The molecule has 1 heterocycles. The van der Waals surface area contributed by atoms with Gasteiger partial charge in [0.05, 0.1) is 11.2 Å². The van der Waals surface area contributed by atoms with Gasteiger partial charge in [0.2, 0.25) is 0 Å². The molecule has 0 unspecified atom stereocenters. The average Bonchev–Trinajstić information content (AvgIpc) is 1.57. The Balaban J connectivity index is 0.000000179. The Kier molecular flexibility index (Phi) is 40.3. The van der Waals surface area contributed by atoms with Crippen LogP contribution in [0.4, 0.5) is 0 Å². The van der Waals surface area contributed by atoms with Gasteiger partial charge in [-0.2, -0.15) is 0 Å². The Morgan fingerprint density at radius 3 is 0.815 bits per heavy atom. The van der Waals surface area contributed by atoms with E-state index in [1.165, 1.54) is 344 Å². The summed E-state index contributed by atoms with van der Waals surface area (Å²) in [6.45, 7) is 22.4. The van der Waals surface area contributed by atoms with Crippen molar-refractivity contribution in [3.8, 4) is 55.6 Å². The van der Waals surface area contributed by atoms with Gasteiger partial charge in [0.1, 0.15) is 0 Å². The summed E-state index contributed by atoms with van der Waals surface area (Å²) >= 11 is 16.7. The molecule has 2 nitrogen and oxygen atoms in total. The fourth-order valence-electron chi connectivity index (χ4n) is 19.8. The number of hydrogen-bond donors (Lipinski definition) is 0. The number of halogens is 5. The smallest absolute Gasteiger partial charge is 0.399 e. The molecule has 0 atom stereocenters. The van der Waals surface area contributed by atoms with Gasteiger partial charge >= 0.3 is 7.12 Å². The van der Waals surface area contributed by atoms with E-state index >= 15 is 0 Å². The lowest BCUT2D eigenvalue weighted by Gasteiger charge is -2.33. The van der Waals surface area contributed by atoms with Crippen LogP contribution in [0.15, 0.2) is 212 Å². The summed E-state index contributed by atoms with van der Waals surface area (Å²) in [5, 5.41) is 0. The standard InChI is InChI=1S/C35H53BO2.C35H44Br2.C35H45Br.C6H4BrI/c1-7-9-11-13-15-19-25-35(26-20-16-14-12-10-8-2)31-22-18-17-21-29(31)30-24-23-28(27-32(30)35)36-37-33(3,4)34(5,6)38-36;1-3-5-7-9-11-13-23-35(24-14-12-10-8-6-4-2)33-25-28(27-15-18-29(36)19-16-27)17-21-31(33)32-22-20-30(37)26-34(32)35;1-3-5-7-9-11-15-25-35(26-16-12-10-8-6-4-2)33-18-14-13-17-31(33)32-24-21-29(27-34(32)35)28-19-22-30(36)23-20-28;7-5-1-3-6(8)4-2-5/h17-18,21-24,27H,7-16,19-20,25-26H2,1-6H3;15-22,25-26H,3-14,23-24H2,1-2H3;13-14,17-24,27H,3-12,15-16,25-26H2,1-2H3;1-4H. The van der Waals surface area contributed by atoms with Crippen LogP contribution < -0.4 is 5.46 Å². The minimum atomic E-state index is -0.326. The Bertz CT molecular complexity index is 4400. The van der Waals surface area contributed by atoms with Crippen molar-refractivity contribution in [3.63, 3.8) is 0 Å². The maximum absolute atomic E-state index is 6.51. The van der Waals surface area contributed by atoms with Gasteiger partial charge in [0.15, 0.2) is 0 Å². The van der Waals surface area contributed by atoms with Crippen LogP contribution in [0.2, 0.25) is 0 Å². The maximum Gasteiger partial charge on any atom is 0.494 e. The van der Waals surface area contributed by atoms with Gasteiger partial charge in [-0.1, -0.05) is 458 Å². The summed E-state index contributed by atoms with van der Waals surface area (Å²) in [5.41, 5.74) is 24.3. The molecule has 13 rings (SSSR count). The minimum Gasteiger partial charge on any atom is -0.399 e. The first kappa shape index (κ1) is 96.8. The summed E-state index contributed by atoms with van der Waals surface area (Å²) in [6, 6.07) is 73.1. The molecule has 3 aliphatic carbocycles. The summed E-state index contributed by atoms with van der Waals surface area (Å²) in [4.78, 5) is 0. The van der Waals surface area contributed by atoms with Gasteiger partial charge in [-0.25, -0.2) is 0 Å². The number of unbranched alkanes of at least 4 members (excludes halogenated alkanes) is 30. The summed E-state index contributed by atoms with van der Waals surface area (Å²) in [5.74, 6) is 0. The molecule has 0 N–H and O–H groups in total. The molecule has 4 aliphatic rings. The predicted molar refractivity (Wildman–Crippen MR) is 542 cm³/mol. The fraction of sp³-hybridized carbons (Fsp3) is 0.514. The van der Waals surface area contributed by atoms with Crippen LogP contribution in [0.3, 0.4) is 0 Å². The van der Waals surface area contributed by atoms with Crippen LogP contribution >= 0.6 is 86.3 Å². The Morgan fingerprint density at radius 2 is 0.487 bits per heavy atom. The lowest BCUT2D eigenvalue weighted by Crippen LogP contribution is -2.41. The molecular weight excluding hydrogens is 1820 g/mol. The third kappa shape index (κ3) is 26.2. The summed E-state index contributed by atoms with van der Waals surface area (Å²) < 4.78 is 18.9. The molecule has 0 radical (unpaired) electrons. The van der Waals surface area contributed by atoms with Gasteiger partial charge in [-0.3, -0.25) is 0 Å². The number of rotatable bonds is 45. The second kappa shape index (κ2) is 49.5. The summed E-state index contributed by atoms with van der Waals surface area (Å²) in [6.07, 6.45) is 56.2. The molecule has 0 spiro atoms. The van der Waals surface area contributed by atoms with E-state index in [2.05, 4.69) is 338 Å². The lowest BCUT2D eigenvalue weighted by atomic mass is 9.68. The highest BCUT2D eigenvalue weighted by atomic mass is 127. The number of hydrogen-bond acceptors (Lipinski definition) is 2. The van der Waals surface area contributed by atoms with Crippen LogP contribution in [-0.2, 0) is 25.6 Å². The van der Waals surface area contributed by atoms with Crippen LogP contribution in [0.5, 0.6) is 0 Å². The normalized spacial score (nSPS) is 14.8. The molecule has 0 aromatic heterocycles. The zero-order valence-corrected chi connectivity index (χ0v) is 83.5. The quantitative estimate of drug-likeness (QED) is 0.0215. The van der Waals surface area contributed by atoms with Crippen molar-refractivity contribution in [2.75, 3.05) is 0 Å². The molecule has 9 aromatic carbocycles. The molecule has 0 saturated carbocycles. The van der Waals surface area contributed by atoms with Crippen molar-refractivity contribution in [3.05, 3.63) is 249 Å². The van der Waals surface area contributed by atoms with Gasteiger partial charge in [0.25, 0.3) is 0 Å². The van der Waals surface area contributed by atoms with Gasteiger partial charge in [-0.05, 0) is 256 Å². The lowest BCUT2D eigenvalue weighted by molar-refractivity contribution is 0.00578. The van der Waals surface area contributed by atoms with E-state index in [9.17, 15) is 0 Å². The first-order valence-corrected chi connectivity index (χ1v) is 51.8. The van der Waals surface area contributed by atoms with Gasteiger partial charge in [-0.15, -0.1) is 0 Å². The highest BCUT2D eigenvalue weighted by Crippen LogP contribution is 2.59. The Morgan fingerprint density at radius 1 is 0.244 bits per heavy atom. The zero-order chi connectivity index (χ0) is 84.5. The molecule has 0 amide bonds. The number of benzene rings is 9. The fourth-order valence-corrected chi connectivity index (χ4v) is 21.3. The topological polar surface area (TPSA) is 18.5 Å². The van der Waals surface area contributed by atoms with Crippen molar-refractivity contribution in [1.29, 1.82) is 0 Å². The summed E-state index contributed by atoms with van der Waals surface area (Å²) in [7, 11) is -0.310. The van der Waals surface area contributed by atoms with Gasteiger partial charge < -0.3 is 9.31 Å². The van der Waals surface area contributed by atoms with Gasteiger partial charge in [0, 0.05) is 37.7 Å². The molecular formula is C111H146BBr4IO2. The highest BCUT2D eigenvalue weighted by Gasteiger charge is 2.53. The maximum atomic E-state index is 6.51. The van der Waals surface area contributed by atoms with E-state index in [1.807, 2.05) is 12.1 Å². The van der Waals surface area contributed by atoms with Crippen LogP contribution in [0, 0.1) is 3.57 Å². The number of fused-ring (bicyclic) bond motifs is 9. The van der Waals surface area contributed by atoms with Crippen LogP contribution in [0.1, 0.15) is 372 Å². The molecule has 9 aromatic rings. The average molecular weight is 1970 g/mol. The largest absolute Gasteiger partial charge is 0.494 e. The minimum absolute atomic E-state index is 0.0983. The zero-order valence-electron chi connectivity index (χ0n) is 75.0. The molecule has 8 heteroatoms. The Hall–Kier alpha value is -4.39. The molecule has 640 valence electrons. The molecule has 1 fully saturated rings. The third-order valence-corrected chi connectivity index (χ3v) is 30.1. The van der Waals surface area contributed by atoms with Crippen LogP contribution in [-0.4, -0.2) is 18.3 Å². The van der Waals surface area contributed by atoms with Crippen molar-refractivity contribution in [2.24, 2.45) is 0 Å². The van der Waals surface area contributed by atoms with Crippen molar-refractivity contribution >= 4 is 98.9 Å². The van der Waals surface area contributed by atoms with E-state index in [-0.39, 0.29) is 34.6 Å². The van der Waals surface area contributed by atoms with Crippen molar-refractivity contribution < 1.29 is 9.31 Å². The molecule has 1 saturated heterocycles. The SMILES string of the molecule is Brc1ccc(I)cc1.CCCCCCCCC1(CCCCCCCC)c2cc(Br)ccc2-c2ccc(-c3ccc(Br)cc3)cc21.CCCCCCCCC1(CCCCCCCC)c2ccccc2-c2ccc(-c3ccc(Br)cc3)cc21.CCCCCCCCC1(CCCCCCCC)c2ccccc2-c2ccc(B3OC(C)(C)C(C)(C)O3)cc21. The molecule has 119 heavy (non-hydrogen) atoms. The first-order valence-electron chi connectivity index (χ1n) is 47.5. The first-order chi connectivity index (χ1) is 57.8. The third-order valence-electron chi connectivity index (χ3n) is 27.3. The van der Waals surface area contributed by atoms with E-state index in [1.54, 1.807) is 27.8 Å². The van der Waals surface area contributed by atoms with Crippen molar-refractivity contribution in [1.82, 2.24) is 0 Å². The van der Waals surface area contributed by atoms with Crippen LogP contribution in [0.25, 0.3) is 55.6 Å². The van der Waals surface area contributed by atoms with E-state index < -0.39 is 0 Å². The second-order valence-electron chi connectivity index (χ2n) is 36.5. The van der Waals surface area contributed by atoms with E-state index in [0.29, 0.717) is 0 Å². The monoisotopic (exact) mass is 1960 g/mol. The highest BCUT2D eigenvalue weighted by molar-refractivity contribution is 14.1. The van der Waals surface area contributed by atoms with E-state index in [4.69, 9.17) is 9.31 Å². The van der Waals surface area contributed by atoms with Crippen molar-refractivity contribution in [2.45, 2.75) is 366 Å². The Labute approximate surface area is 772 Å². The predicted octanol–water partition coefficient (Wildman–Crippen LogP) is 37.3. The molecule has 1 aliphatic heterocycles.